The van der Waals surface area contributed by atoms with E-state index in [0.717, 1.165) is 5.75 Å². The number of rotatable bonds is 9. The van der Waals surface area contributed by atoms with E-state index in [0.29, 0.717) is 26.2 Å². The zero-order valence-electron chi connectivity index (χ0n) is 16.3. The minimum Gasteiger partial charge on any atom is -0.492 e. The van der Waals surface area contributed by atoms with Crippen LogP contribution < -0.4 is 4.74 Å². The van der Waals surface area contributed by atoms with Gasteiger partial charge in [0.25, 0.3) is 5.91 Å². The predicted molar refractivity (Wildman–Crippen MR) is 110 cm³/mol. The third kappa shape index (κ3) is 5.25. The number of halogens is 1. The van der Waals surface area contributed by atoms with E-state index < -0.39 is 10.0 Å². The van der Waals surface area contributed by atoms with Gasteiger partial charge in [-0.05, 0) is 30.3 Å². The molecular weight excluding hydrogens is 400 g/mol. The van der Waals surface area contributed by atoms with Crippen molar-refractivity contribution >= 4 is 27.5 Å². The Hall–Kier alpha value is -2.09. The van der Waals surface area contributed by atoms with E-state index in [1.165, 1.54) is 27.4 Å². The SMILES string of the molecule is CCN(CC)S(=O)(=O)c1cc(C(=O)N(C)CCOc2ccccc2)ccc1Cl. The quantitative estimate of drug-likeness (QED) is 0.617. The van der Waals surface area contributed by atoms with E-state index in [4.69, 9.17) is 16.3 Å². The highest BCUT2D eigenvalue weighted by atomic mass is 35.5. The Morgan fingerprint density at radius 2 is 1.71 bits per heavy atom. The molecule has 28 heavy (non-hydrogen) atoms. The van der Waals surface area contributed by atoms with Gasteiger partial charge in [0.1, 0.15) is 17.3 Å². The summed E-state index contributed by atoms with van der Waals surface area (Å²) in [6.07, 6.45) is 0. The summed E-state index contributed by atoms with van der Waals surface area (Å²) in [6, 6.07) is 13.6. The van der Waals surface area contributed by atoms with Crippen molar-refractivity contribution < 1.29 is 17.9 Å². The number of para-hydroxylation sites is 1. The zero-order chi connectivity index (χ0) is 20.7. The summed E-state index contributed by atoms with van der Waals surface area (Å²) in [7, 11) is -2.12. The highest BCUT2D eigenvalue weighted by Crippen LogP contribution is 2.26. The van der Waals surface area contributed by atoms with Gasteiger partial charge in [-0.1, -0.05) is 43.6 Å². The third-order valence-corrected chi connectivity index (χ3v) is 6.82. The van der Waals surface area contributed by atoms with Gasteiger partial charge in [-0.25, -0.2) is 8.42 Å². The topological polar surface area (TPSA) is 66.9 Å². The molecule has 0 unspecified atom stereocenters. The minimum absolute atomic E-state index is 0.0577. The maximum absolute atomic E-state index is 12.8. The van der Waals surface area contributed by atoms with Gasteiger partial charge in [0, 0.05) is 25.7 Å². The van der Waals surface area contributed by atoms with Crippen molar-refractivity contribution in [1.29, 1.82) is 0 Å². The molecule has 152 valence electrons. The van der Waals surface area contributed by atoms with Crippen LogP contribution in [0.2, 0.25) is 5.02 Å². The summed E-state index contributed by atoms with van der Waals surface area (Å²) in [5.41, 5.74) is 0.261. The smallest absolute Gasteiger partial charge is 0.253 e. The summed E-state index contributed by atoms with van der Waals surface area (Å²) in [5, 5.41) is 0.0958. The fourth-order valence-corrected chi connectivity index (χ4v) is 4.63. The van der Waals surface area contributed by atoms with Gasteiger partial charge < -0.3 is 9.64 Å². The van der Waals surface area contributed by atoms with Crippen LogP contribution in [0.15, 0.2) is 53.4 Å². The van der Waals surface area contributed by atoms with Crippen LogP contribution in [-0.2, 0) is 10.0 Å². The van der Waals surface area contributed by atoms with Gasteiger partial charge >= 0.3 is 0 Å². The normalized spacial score (nSPS) is 11.5. The summed E-state index contributed by atoms with van der Waals surface area (Å²) >= 11 is 6.12. The van der Waals surface area contributed by atoms with E-state index in [1.54, 1.807) is 20.9 Å². The molecular formula is C20H25ClN2O4S. The molecule has 0 N–H and O–H groups in total. The molecule has 0 radical (unpaired) electrons. The molecule has 0 fully saturated rings. The average Bonchev–Trinajstić information content (AvgIpc) is 2.69. The molecule has 2 rings (SSSR count). The summed E-state index contributed by atoms with van der Waals surface area (Å²) < 4.78 is 32.5. The molecule has 0 atom stereocenters. The third-order valence-electron chi connectivity index (χ3n) is 4.29. The molecule has 0 aromatic heterocycles. The van der Waals surface area contributed by atoms with Crippen molar-refractivity contribution in [3.63, 3.8) is 0 Å². The van der Waals surface area contributed by atoms with Crippen molar-refractivity contribution in [1.82, 2.24) is 9.21 Å². The number of sulfonamides is 1. The molecule has 0 aliphatic heterocycles. The van der Waals surface area contributed by atoms with Crippen LogP contribution in [0, 0.1) is 0 Å². The zero-order valence-corrected chi connectivity index (χ0v) is 17.8. The maximum atomic E-state index is 12.8. The lowest BCUT2D eigenvalue weighted by Crippen LogP contribution is -2.32. The van der Waals surface area contributed by atoms with Crippen molar-refractivity contribution in [2.75, 3.05) is 33.3 Å². The first kappa shape index (κ1) is 22.2. The molecule has 8 heteroatoms. The number of carbonyl (C=O) groups excluding carboxylic acids is 1. The number of ether oxygens (including phenoxy) is 1. The second-order valence-corrected chi connectivity index (χ2v) is 8.44. The first-order valence-corrected chi connectivity index (χ1v) is 10.9. The van der Waals surface area contributed by atoms with Crippen LogP contribution in [0.25, 0.3) is 0 Å². The molecule has 0 aliphatic rings. The number of amides is 1. The Bertz CT molecular complexity index is 900. The molecule has 6 nitrogen and oxygen atoms in total. The summed E-state index contributed by atoms with van der Waals surface area (Å²) in [5.74, 6) is 0.423. The van der Waals surface area contributed by atoms with Crippen molar-refractivity contribution in [2.24, 2.45) is 0 Å². The number of hydrogen-bond donors (Lipinski definition) is 0. The van der Waals surface area contributed by atoms with Crippen LogP contribution in [0.5, 0.6) is 5.75 Å². The largest absolute Gasteiger partial charge is 0.492 e. The Labute approximate surface area is 171 Å². The first-order chi connectivity index (χ1) is 13.3. The van der Waals surface area contributed by atoms with E-state index in [-0.39, 0.29) is 21.4 Å². The van der Waals surface area contributed by atoms with Crippen molar-refractivity contribution in [2.45, 2.75) is 18.7 Å². The van der Waals surface area contributed by atoms with Gasteiger partial charge in [0.2, 0.25) is 10.0 Å². The van der Waals surface area contributed by atoms with Gasteiger partial charge in [0.05, 0.1) is 11.6 Å². The molecule has 2 aromatic rings. The molecule has 0 saturated carbocycles. The van der Waals surface area contributed by atoms with E-state index >= 15 is 0 Å². The fraction of sp³-hybridized carbons (Fsp3) is 0.350. The van der Waals surface area contributed by atoms with Crippen LogP contribution in [0.4, 0.5) is 0 Å². The van der Waals surface area contributed by atoms with Crippen LogP contribution in [0.3, 0.4) is 0 Å². The Balaban J connectivity index is 2.13. The Morgan fingerprint density at radius 1 is 1.07 bits per heavy atom. The van der Waals surface area contributed by atoms with E-state index in [2.05, 4.69) is 0 Å². The molecule has 0 heterocycles. The molecule has 0 bridgehead atoms. The van der Waals surface area contributed by atoms with Crippen LogP contribution >= 0.6 is 11.6 Å². The van der Waals surface area contributed by atoms with Gasteiger partial charge in [-0.3, -0.25) is 4.79 Å². The maximum Gasteiger partial charge on any atom is 0.253 e. The Morgan fingerprint density at radius 3 is 2.32 bits per heavy atom. The highest BCUT2D eigenvalue weighted by Gasteiger charge is 2.26. The van der Waals surface area contributed by atoms with Crippen molar-refractivity contribution in [3.05, 3.63) is 59.1 Å². The molecule has 2 aromatic carbocycles. The highest BCUT2D eigenvalue weighted by molar-refractivity contribution is 7.89. The second kappa shape index (κ2) is 9.91. The van der Waals surface area contributed by atoms with Gasteiger partial charge in [-0.2, -0.15) is 4.31 Å². The monoisotopic (exact) mass is 424 g/mol. The summed E-state index contributed by atoms with van der Waals surface area (Å²) in [6.45, 7) is 4.84. The number of carbonyl (C=O) groups is 1. The minimum atomic E-state index is -3.76. The lowest BCUT2D eigenvalue weighted by molar-refractivity contribution is 0.0773. The van der Waals surface area contributed by atoms with Gasteiger partial charge in [-0.15, -0.1) is 0 Å². The Kier molecular flexibility index (Phi) is 7.86. The first-order valence-electron chi connectivity index (χ1n) is 9.04. The number of likely N-dealkylation sites (N-methyl/N-ethyl adjacent to an activating group) is 1. The fourth-order valence-electron chi connectivity index (χ4n) is 2.68. The lowest BCUT2D eigenvalue weighted by Gasteiger charge is -2.21. The van der Waals surface area contributed by atoms with Gasteiger partial charge in [0.15, 0.2) is 0 Å². The summed E-state index contributed by atoms with van der Waals surface area (Å²) in [4.78, 5) is 14.1. The van der Waals surface area contributed by atoms with Crippen molar-refractivity contribution in [3.8, 4) is 5.75 Å². The average molecular weight is 425 g/mol. The lowest BCUT2D eigenvalue weighted by atomic mass is 10.2. The number of hydrogen-bond acceptors (Lipinski definition) is 4. The second-order valence-electron chi connectivity index (χ2n) is 6.12. The van der Waals surface area contributed by atoms with E-state index in [1.807, 2.05) is 30.3 Å². The van der Waals surface area contributed by atoms with E-state index in [9.17, 15) is 13.2 Å². The van der Waals surface area contributed by atoms with Crippen LogP contribution in [0.1, 0.15) is 24.2 Å². The van der Waals surface area contributed by atoms with Crippen LogP contribution in [-0.4, -0.2) is 56.8 Å². The molecule has 0 saturated heterocycles. The standard InChI is InChI=1S/C20H25ClN2O4S/c1-4-23(5-2)28(25,26)19-15-16(11-12-18(19)21)20(24)22(3)13-14-27-17-9-7-6-8-10-17/h6-12,15H,4-5,13-14H2,1-3H3. The molecule has 0 aliphatic carbocycles. The number of nitrogens with zero attached hydrogens (tertiary/aromatic N) is 2. The molecule has 0 spiro atoms. The number of benzene rings is 2. The predicted octanol–water partition coefficient (Wildman–Crippen LogP) is 3.52. The molecule has 1 amide bonds.